The number of nitrogens with zero attached hydrogens (tertiary/aromatic N) is 1. The Morgan fingerprint density at radius 2 is 2.31 bits per heavy atom. The molecule has 13 heavy (non-hydrogen) atoms. The summed E-state index contributed by atoms with van der Waals surface area (Å²) in [6, 6.07) is 0. The van der Waals surface area contributed by atoms with E-state index in [1.165, 1.54) is 0 Å². The molecule has 0 aromatic rings. The Morgan fingerprint density at radius 1 is 1.62 bits per heavy atom. The van der Waals surface area contributed by atoms with Crippen LogP contribution in [0.3, 0.4) is 0 Å². The highest BCUT2D eigenvalue weighted by molar-refractivity contribution is 5.88. The summed E-state index contributed by atoms with van der Waals surface area (Å²) in [6.07, 6.45) is 0.997. The van der Waals surface area contributed by atoms with E-state index in [9.17, 15) is 9.59 Å². The minimum atomic E-state index is -0.0343. The standard InChI is InChI=1S/C9H14N2O2/c1-6-4-7(6)9(13)11-3-2-10-8(12)5-11/h6-7H,2-5H2,1H3,(H,10,12). The summed E-state index contributed by atoms with van der Waals surface area (Å²) in [7, 11) is 0. The van der Waals surface area contributed by atoms with Gasteiger partial charge in [0.05, 0.1) is 6.54 Å². The van der Waals surface area contributed by atoms with E-state index in [0.717, 1.165) is 6.42 Å². The molecule has 2 aliphatic rings. The lowest BCUT2D eigenvalue weighted by molar-refractivity contribution is -0.139. The molecule has 1 heterocycles. The predicted octanol–water partition coefficient (Wildman–Crippen LogP) is -0.399. The lowest BCUT2D eigenvalue weighted by Gasteiger charge is -2.26. The van der Waals surface area contributed by atoms with Gasteiger partial charge >= 0.3 is 0 Å². The second-order valence-electron chi connectivity index (χ2n) is 3.93. The number of amides is 2. The molecule has 2 amide bonds. The van der Waals surface area contributed by atoms with Crippen LogP contribution in [0.15, 0.2) is 0 Å². The van der Waals surface area contributed by atoms with Gasteiger partial charge in [-0.2, -0.15) is 0 Å². The van der Waals surface area contributed by atoms with E-state index in [4.69, 9.17) is 0 Å². The third-order valence-corrected chi connectivity index (χ3v) is 2.78. The maximum absolute atomic E-state index is 11.7. The van der Waals surface area contributed by atoms with Crippen LogP contribution in [-0.4, -0.2) is 36.3 Å². The zero-order valence-electron chi connectivity index (χ0n) is 7.75. The van der Waals surface area contributed by atoms with Crippen LogP contribution in [0.25, 0.3) is 0 Å². The average molecular weight is 182 g/mol. The molecule has 1 N–H and O–H groups in total. The average Bonchev–Trinajstić information content (AvgIpc) is 2.81. The highest BCUT2D eigenvalue weighted by Gasteiger charge is 2.42. The topological polar surface area (TPSA) is 49.4 Å². The summed E-state index contributed by atoms with van der Waals surface area (Å²) in [5, 5.41) is 2.70. The lowest BCUT2D eigenvalue weighted by Crippen LogP contribution is -2.50. The first-order valence-corrected chi connectivity index (χ1v) is 4.74. The van der Waals surface area contributed by atoms with E-state index < -0.39 is 0 Å². The minimum absolute atomic E-state index is 0.0343. The maximum atomic E-state index is 11.7. The molecule has 72 valence electrons. The molecule has 4 heteroatoms. The van der Waals surface area contributed by atoms with Crippen molar-refractivity contribution in [1.29, 1.82) is 0 Å². The Balaban J connectivity index is 1.92. The molecule has 2 unspecified atom stereocenters. The monoisotopic (exact) mass is 182 g/mol. The fourth-order valence-corrected chi connectivity index (χ4v) is 1.73. The number of hydrogen-bond acceptors (Lipinski definition) is 2. The molecule has 0 spiro atoms. The van der Waals surface area contributed by atoms with E-state index in [1.807, 2.05) is 0 Å². The van der Waals surface area contributed by atoms with Gasteiger partial charge in [-0.15, -0.1) is 0 Å². The van der Waals surface area contributed by atoms with Crippen molar-refractivity contribution in [3.05, 3.63) is 0 Å². The van der Waals surface area contributed by atoms with Gasteiger partial charge in [-0.3, -0.25) is 9.59 Å². The molecule has 2 fully saturated rings. The van der Waals surface area contributed by atoms with Crippen molar-refractivity contribution in [2.45, 2.75) is 13.3 Å². The number of nitrogens with one attached hydrogen (secondary N) is 1. The number of piperazine rings is 1. The normalized spacial score (nSPS) is 32.7. The molecule has 0 radical (unpaired) electrons. The van der Waals surface area contributed by atoms with Crippen LogP contribution < -0.4 is 5.32 Å². The summed E-state index contributed by atoms with van der Waals surface area (Å²) in [6.45, 7) is 3.61. The fraction of sp³-hybridized carbons (Fsp3) is 0.778. The van der Waals surface area contributed by atoms with Crippen molar-refractivity contribution >= 4 is 11.8 Å². The van der Waals surface area contributed by atoms with Crippen molar-refractivity contribution in [1.82, 2.24) is 10.2 Å². The molecule has 0 aromatic carbocycles. The van der Waals surface area contributed by atoms with Gasteiger partial charge in [-0.1, -0.05) is 6.92 Å². The molecule has 1 saturated carbocycles. The van der Waals surface area contributed by atoms with Gasteiger partial charge in [0.2, 0.25) is 11.8 Å². The zero-order chi connectivity index (χ0) is 9.42. The first-order valence-electron chi connectivity index (χ1n) is 4.74. The lowest BCUT2D eigenvalue weighted by atomic mass is 10.2. The molecule has 0 aromatic heterocycles. The molecule has 0 bridgehead atoms. The molecule has 1 saturated heterocycles. The first-order chi connectivity index (χ1) is 6.18. The fourth-order valence-electron chi connectivity index (χ4n) is 1.73. The zero-order valence-corrected chi connectivity index (χ0v) is 7.75. The largest absolute Gasteiger partial charge is 0.353 e. The number of rotatable bonds is 1. The molecule has 2 atom stereocenters. The van der Waals surface area contributed by atoms with Gasteiger partial charge < -0.3 is 10.2 Å². The van der Waals surface area contributed by atoms with Crippen molar-refractivity contribution in [2.24, 2.45) is 11.8 Å². The summed E-state index contributed by atoms with van der Waals surface area (Å²) in [4.78, 5) is 24.3. The predicted molar refractivity (Wildman–Crippen MR) is 46.9 cm³/mol. The van der Waals surface area contributed by atoms with E-state index in [2.05, 4.69) is 12.2 Å². The number of hydrogen-bond donors (Lipinski definition) is 1. The molecular weight excluding hydrogens is 168 g/mol. The molecule has 2 rings (SSSR count). The van der Waals surface area contributed by atoms with Gasteiger partial charge in [0.1, 0.15) is 0 Å². The number of carbonyl (C=O) groups is 2. The first kappa shape index (κ1) is 8.53. The Hall–Kier alpha value is -1.06. The van der Waals surface area contributed by atoms with Crippen LogP contribution in [0.1, 0.15) is 13.3 Å². The summed E-state index contributed by atoms with van der Waals surface area (Å²) >= 11 is 0. The highest BCUT2D eigenvalue weighted by atomic mass is 16.2. The van der Waals surface area contributed by atoms with Crippen LogP contribution in [-0.2, 0) is 9.59 Å². The van der Waals surface area contributed by atoms with Crippen LogP contribution in [0.2, 0.25) is 0 Å². The molecule has 1 aliphatic heterocycles. The Labute approximate surface area is 77.3 Å². The highest BCUT2D eigenvalue weighted by Crippen LogP contribution is 2.39. The van der Waals surface area contributed by atoms with Crippen LogP contribution >= 0.6 is 0 Å². The van der Waals surface area contributed by atoms with E-state index >= 15 is 0 Å². The molecule has 4 nitrogen and oxygen atoms in total. The third-order valence-electron chi connectivity index (χ3n) is 2.78. The van der Waals surface area contributed by atoms with Gasteiger partial charge in [-0.05, 0) is 12.3 Å². The van der Waals surface area contributed by atoms with Crippen molar-refractivity contribution in [3.63, 3.8) is 0 Å². The van der Waals surface area contributed by atoms with E-state index in [-0.39, 0.29) is 24.3 Å². The summed E-state index contributed by atoms with van der Waals surface area (Å²) in [5.74, 6) is 0.860. The third kappa shape index (κ3) is 1.66. The van der Waals surface area contributed by atoms with E-state index in [1.54, 1.807) is 4.90 Å². The Kier molecular flexibility index (Phi) is 1.98. The van der Waals surface area contributed by atoms with Crippen molar-refractivity contribution < 1.29 is 9.59 Å². The van der Waals surface area contributed by atoms with Crippen molar-refractivity contribution in [2.75, 3.05) is 19.6 Å². The van der Waals surface area contributed by atoms with Gasteiger partial charge in [0.15, 0.2) is 0 Å². The van der Waals surface area contributed by atoms with Crippen LogP contribution in [0.4, 0.5) is 0 Å². The quantitative estimate of drug-likeness (QED) is 0.600. The Morgan fingerprint density at radius 3 is 2.85 bits per heavy atom. The second-order valence-corrected chi connectivity index (χ2v) is 3.93. The van der Waals surface area contributed by atoms with Gasteiger partial charge in [0.25, 0.3) is 0 Å². The number of carbonyl (C=O) groups excluding carboxylic acids is 2. The smallest absolute Gasteiger partial charge is 0.239 e. The second kappa shape index (κ2) is 3.01. The minimum Gasteiger partial charge on any atom is -0.353 e. The maximum Gasteiger partial charge on any atom is 0.239 e. The van der Waals surface area contributed by atoms with E-state index in [0.29, 0.717) is 19.0 Å². The van der Waals surface area contributed by atoms with Crippen LogP contribution in [0.5, 0.6) is 0 Å². The summed E-state index contributed by atoms with van der Waals surface area (Å²) < 4.78 is 0. The van der Waals surface area contributed by atoms with Crippen LogP contribution in [0, 0.1) is 11.8 Å². The molecular formula is C9H14N2O2. The van der Waals surface area contributed by atoms with Gasteiger partial charge in [0, 0.05) is 19.0 Å². The Bertz CT molecular complexity index is 252. The SMILES string of the molecule is CC1CC1C(=O)N1CCNC(=O)C1. The summed E-state index contributed by atoms with van der Waals surface area (Å²) in [5.41, 5.74) is 0. The molecule has 1 aliphatic carbocycles. The van der Waals surface area contributed by atoms with Gasteiger partial charge in [-0.25, -0.2) is 0 Å². The van der Waals surface area contributed by atoms with Crippen molar-refractivity contribution in [3.8, 4) is 0 Å².